The Morgan fingerprint density at radius 1 is 0.323 bits per heavy atom. The second-order valence-electron chi connectivity index (χ2n) is 16.6. The molecule has 0 spiro atoms. The minimum Gasteiger partial charge on any atom is -0.462 e. The molecule has 0 amide bonds. The number of carbonyl (C=O) groups is 3. The van der Waals surface area contributed by atoms with E-state index < -0.39 is 6.10 Å². The Labute approximate surface area is 398 Å². The van der Waals surface area contributed by atoms with Crippen LogP contribution < -0.4 is 0 Å². The molecular weight excluding hydrogens is 805 g/mol. The first-order chi connectivity index (χ1) is 32.0. The second kappa shape index (κ2) is 52.2. The summed E-state index contributed by atoms with van der Waals surface area (Å²) >= 11 is 0. The summed E-state index contributed by atoms with van der Waals surface area (Å²) in [5, 5.41) is 0. The molecule has 0 radical (unpaired) electrons. The van der Waals surface area contributed by atoms with Gasteiger partial charge in [0.25, 0.3) is 0 Å². The Bertz CT molecular complexity index is 1450. The maximum absolute atomic E-state index is 12.8. The van der Waals surface area contributed by atoms with Crippen molar-refractivity contribution in [1.29, 1.82) is 0 Å². The molecule has 0 aromatic heterocycles. The summed E-state index contributed by atoms with van der Waals surface area (Å²) in [6.07, 6.45) is 73.0. The average molecular weight is 897 g/mol. The van der Waals surface area contributed by atoms with Crippen molar-refractivity contribution in [3.63, 3.8) is 0 Å². The molecule has 0 aliphatic rings. The number of ether oxygens (including phenoxy) is 3. The van der Waals surface area contributed by atoms with E-state index in [0.717, 1.165) is 57.8 Å². The molecule has 6 heteroatoms. The summed E-state index contributed by atoms with van der Waals surface area (Å²) in [5.41, 5.74) is 0. The number of rotatable bonds is 44. The van der Waals surface area contributed by atoms with Crippen LogP contribution in [0.1, 0.15) is 201 Å². The lowest BCUT2D eigenvalue weighted by molar-refractivity contribution is -0.167. The average Bonchev–Trinajstić information content (AvgIpc) is 3.30. The van der Waals surface area contributed by atoms with E-state index in [1.54, 1.807) is 0 Å². The summed E-state index contributed by atoms with van der Waals surface area (Å²) in [6.45, 7) is 6.23. The maximum Gasteiger partial charge on any atom is 0.306 e. The Morgan fingerprint density at radius 3 is 1.06 bits per heavy atom. The molecular formula is C59H92O6. The molecule has 0 heterocycles. The van der Waals surface area contributed by atoms with E-state index in [4.69, 9.17) is 14.2 Å². The fourth-order valence-corrected chi connectivity index (χ4v) is 6.55. The van der Waals surface area contributed by atoms with Gasteiger partial charge in [0, 0.05) is 19.3 Å². The first-order valence-corrected chi connectivity index (χ1v) is 25.8. The van der Waals surface area contributed by atoms with Crippen LogP contribution in [-0.2, 0) is 28.6 Å². The standard InChI is InChI=1S/C59H92O6/c1-4-7-10-13-16-19-22-25-27-28-29-30-32-34-37-40-43-46-49-52-58(61)64-55-56(54-63-57(60)51-48-45-42-39-36-33-24-21-18-15-12-9-6-3)65-59(62)53-50-47-44-41-38-35-31-26-23-20-17-14-11-8-5-2/h8-9,11-12,14-15,17-18,20-21,23-24,26,28-29,31,33,35-36,38-39,42,56H,4-7,10,13,16,19,22,25,27,30,32,34,37,40-41,43-55H2,1-3H3/b11-8+,12-9+,17-14+,18-15+,23-20+,24-21+,29-28+,31-26+,36-33+,38-35+,42-39+. The van der Waals surface area contributed by atoms with Crippen LogP contribution in [0.25, 0.3) is 0 Å². The van der Waals surface area contributed by atoms with E-state index in [-0.39, 0.29) is 44.0 Å². The van der Waals surface area contributed by atoms with Crippen LogP contribution >= 0.6 is 0 Å². The van der Waals surface area contributed by atoms with Gasteiger partial charge in [-0.25, -0.2) is 0 Å². The Morgan fingerprint density at radius 2 is 0.631 bits per heavy atom. The van der Waals surface area contributed by atoms with Gasteiger partial charge in [-0.1, -0.05) is 238 Å². The van der Waals surface area contributed by atoms with Gasteiger partial charge in [0.1, 0.15) is 13.2 Å². The van der Waals surface area contributed by atoms with Crippen LogP contribution in [0, 0.1) is 0 Å². The van der Waals surface area contributed by atoms with Gasteiger partial charge in [-0.05, 0) is 77.0 Å². The monoisotopic (exact) mass is 897 g/mol. The predicted octanol–water partition coefficient (Wildman–Crippen LogP) is 17.1. The molecule has 65 heavy (non-hydrogen) atoms. The number of unbranched alkanes of at least 4 members (excludes halogenated alkanes) is 19. The summed E-state index contributed by atoms with van der Waals surface area (Å²) in [7, 11) is 0. The van der Waals surface area contributed by atoms with E-state index >= 15 is 0 Å². The molecule has 0 fully saturated rings. The van der Waals surface area contributed by atoms with Crippen LogP contribution in [0.4, 0.5) is 0 Å². The fraction of sp³-hybridized carbons (Fsp3) is 0.576. The van der Waals surface area contributed by atoms with Gasteiger partial charge in [0.15, 0.2) is 6.10 Å². The summed E-state index contributed by atoms with van der Waals surface area (Å²) < 4.78 is 16.7. The number of hydrogen-bond acceptors (Lipinski definition) is 6. The highest BCUT2D eigenvalue weighted by atomic mass is 16.6. The fourth-order valence-electron chi connectivity index (χ4n) is 6.55. The normalized spacial score (nSPS) is 13.2. The van der Waals surface area contributed by atoms with Crippen molar-refractivity contribution < 1.29 is 28.6 Å². The third-order valence-corrected chi connectivity index (χ3v) is 10.4. The van der Waals surface area contributed by atoms with E-state index in [1.807, 2.05) is 103 Å². The topological polar surface area (TPSA) is 78.9 Å². The lowest BCUT2D eigenvalue weighted by Crippen LogP contribution is -2.30. The Kier molecular flexibility index (Phi) is 48.6. The highest BCUT2D eigenvalue weighted by Gasteiger charge is 2.19. The molecule has 0 saturated carbocycles. The summed E-state index contributed by atoms with van der Waals surface area (Å²) in [6, 6.07) is 0. The van der Waals surface area contributed by atoms with Crippen LogP contribution in [0.3, 0.4) is 0 Å². The number of esters is 3. The second-order valence-corrected chi connectivity index (χ2v) is 16.6. The first-order valence-electron chi connectivity index (χ1n) is 25.8. The molecule has 0 aromatic rings. The van der Waals surface area contributed by atoms with Gasteiger partial charge < -0.3 is 14.2 Å². The van der Waals surface area contributed by atoms with Crippen LogP contribution in [0.15, 0.2) is 134 Å². The van der Waals surface area contributed by atoms with E-state index in [1.165, 1.54) is 89.9 Å². The van der Waals surface area contributed by atoms with Gasteiger partial charge >= 0.3 is 17.9 Å². The lowest BCUT2D eigenvalue weighted by atomic mass is 10.1. The van der Waals surface area contributed by atoms with Crippen molar-refractivity contribution in [1.82, 2.24) is 0 Å². The molecule has 0 saturated heterocycles. The molecule has 0 aromatic carbocycles. The Balaban J connectivity index is 4.54. The molecule has 0 bridgehead atoms. The molecule has 0 aliphatic carbocycles. The van der Waals surface area contributed by atoms with Crippen molar-refractivity contribution in [2.45, 2.75) is 207 Å². The number of allylic oxidation sites excluding steroid dienone is 22. The van der Waals surface area contributed by atoms with Gasteiger partial charge in [0.2, 0.25) is 0 Å². The van der Waals surface area contributed by atoms with Crippen molar-refractivity contribution in [2.75, 3.05) is 13.2 Å². The number of carbonyl (C=O) groups excluding carboxylic acids is 3. The van der Waals surface area contributed by atoms with Crippen LogP contribution in [-0.4, -0.2) is 37.2 Å². The van der Waals surface area contributed by atoms with E-state index in [0.29, 0.717) is 19.3 Å². The highest BCUT2D eigenvalue weighted by Crippen LogP contribution is 2.13. The van der Waals surface area contributed by atoms with Crippen molar-refractivity contribution >= 4 is 17.9 Å². The smallest absolute Gasteiger partial charge is 0.306 e. The zero-order chi connectivity index (χ0) is 47.2. The first kappa shape index (κ1) is 60.6. The zero-order valence-electron chi connectivity index (χ0n) is 41.4. The molecule has 364 valence electrons. The molecule has 1 unspecified atom stereocenters. The zero-order valence-corrected chi connectivity index (χ0v) is 41.4. The largest absolute Gasteiger partial charge is 0.462 e. The molecule has 1 atom stereocenters. The van der Waals surface area contributed by atoms with Crippen LogP contribution in [0.2, 0.25) is 0 Å². The minimum atomic E-state index is -0.835. The van der Waals surface area contributed by atoms with Crippen molar-refractivity contribution in [3.05, 3.63) is 134 Å². The minimum absolute atomic E-state index is 0.125. The van der Waals surface area contributed by atoms with E-state index in [9.17, 15) is 14.4 Å². The molecule has 0 rings (SSSR count). The highest BCUT2D eigenvalue weighted by molar-refractivity contribution is 5.71. The SMILES string of the molecule is CC/C=C/C=C/C=C/C=C/C=C/CCCCCC(=O)OC(COC(=O)CCC/C=C/C=C/C=C/C=C/C=C/CC)COC(=O)CCCCCCCCC/C=C/CCCCCCCCCC. The van der Waals surface area contributed by atoms with Crippen molar-refractivity contribution in [3.8, 4) is 0 Å². The molecule has 0 aliphatic heterocycles. The summed E-state index contributed by atoms with van der Waals surface area (Å²) in [4.78, 5) is 37.9. The van der Waals surface area contributed by atoms with Gasteiger partial charge in [0.05, 0.1) is 0 Å². The predicted molar refractivity (Wildman–Crippen MR) is 279 cm³/mol. The third kappa shape index (κ3) is 50.4. The summed E-state index contributed by atoms with van der Waals surface area (Å²) in [5.74, 6) is -1.06. The van der Waals surface area contributed by atoms with Gasteiger partial charge in [-0.3, -0.25) is 14.4 Å². The van der Waals surface area contributed by atoms with Crippen LogP contribution in [0.5, 0.6) is 0 Å². The number of hydrogen-bond donors (Lipinski definition) is 0. The van der Waals surface area contributed by atoms with Gasteiger partial charge in [-0.2, -0.15) is 0 Å². The van der Waals surface area contributed by atoms with E-state index in [2.05, 4.69) is 51.2 Å². The van der Waals surface area contributed by atoms with Crippen molar-refractivity contribution in [2.24, 2.45) is 0 Å². The van der Waals surface area contributed by atoms with Gasteiger partial charge in [-0.15, -0.1) is 0 Å². The lowest BCUT2D eigenvalue weighted by Gasteiger charge is -2.18. The third-order valence-electron chi connectivity index (χ3n) is 10.4. The molecule has 6 nitrogen and oxygen atoms in total. The quantitative estimate of drug-likeness (QED) is 0.0199. The molecule has 0 N–H and O–H groups in total. The maximum atomic E-state index is 12.8. The Hall–Kier alpha value is -4.45.